The normalized spacial score (nSPS) is 21.1. The van der Waals surface area contributed by atoms with Crippen molar-refractivity contribution in [2.45, 2.75) is 32.0 Å². The number of hydrogen-bond donors (Lipinski definition) is 0. The van der Waals surface area contributed by atoms with Crippen molar-refractivity contribution in [2.24, 2.45) is 0 Å². The second-order valence-electron chi connectivity index (χ2n) is 5.50. The summed E-state index contributed by atoms with van der Waals surface area (Å²) in [5.41, 5.74) is 0.0105. The zero-order valence-corrected chi connectivity index (χ0v) is 11.8. The number of pyridine rings is 1. The molecule has 0 N–H and O–H groups in total. The van der Waals surface area contributed by atoms with Gasteiger partial charge in [0.1, 0.15) is 17.5 Å². The van der Waals surface area contributed by atoms with Crippen LogP contribution in [0, 0.1) is 0 Å². The van der Waals surface area contributed by atoms with E-state index in [0.29, 0.717) is 11.8 Å². The maximum Gasteiger partial charge on any atom is 0.136 e. The van der Waals surface area contributed by atoms with Gasteiger partial charge in [-0.25, -0.2) is 4.98 Å². The van der Waals surface area contributed by atoms with Crippen LogP contribution in [0.25, 0.3) is 10.8 Å². The van der Waals surface area contributed by atoms with Gasteiger partial charge in [0.05, 0.1) is 11.7 Å². The van der Waals surface area contributed by atoms with E-state index in [9.17, 15) is 0 Å². The lowest BCUT2D eigenvalue weighted by molar-refractivity contribution is -0.194. The molecule has 0 amide bonds. The summed E-state index contributed by atoms with van der Waals surface area (Å²) >= 11 is 6.03. The molecule has 1 atom stereocenters. The van der Waals surface area contributed by atoms with Crippen LogP contribution < -0.4 is 4.74 Å². The zero-order chi connectivity index (χ0) is 13.5. The van der Waals surface area contributed by atoms with Gasteiger partial charge in [-0.1, -0.05) is 11.6 Å². The van der Waals surface area contributed by atoms with Gasteiger partial charge in [0.25, 0.3) is 0 Å². The number of fused-ring (bicyclic) bond motifs is 1. The maximum atomic E-state index is 6.03. The first-order valence-electron chi connectivity index (χ1n) is 6.38. The van der Waals surface area contributed by atoms with Gasteiger partial charge in [-0.05, 0) is 43.5 Å². The Morgan fingerprint density at radius 1 is 1.42 bits per heavy atom. The number of halogens is 1. The Bertz CT molecular complexity index is 604. The Hall–Kier alpha value is -1.32. The van der Waals surface area contributed by atoms with Crippen LogP contribution in [0.4, 0.5) is 0 Å². The first-order chi connectivity index (χ1) is 9.03. The number of nitrogens with zero attached hydrogens (tertiary/aromatic N) is 1. The summed E-state index contributed by atoms with van der Waals surface area (Å²) in [6.45, 7) is 4.77. The lowest BCUT2D eigenvalue weighted by atomic mass is 9.94. The summed E-state index contributed by atoms with van der Waals surface area (Å²) in [7, 11) is 0. The van der Waals surface area contributed by atoms with Gasteiger partial charge < -0.3 is 9.47 Å². The minimum atomic E-state index is 0.0105. The highest BCUT2D eigenvalue weighted by Gasteiger charge is 2.37. The number of ether oxygens (including phenoxy) is 2. The molecule has 19 heavy (non-hydrogen) atoms. The fourth-order valence-corrected chi connectivity index (χ4v) is 2.71. The molecule has 1 fully saturated rings. The molecule has 3 rings (SSSR count). The summed E-state index contributed by atoms with van der Waals surface area (Å²) in [6.07, 6.45) is 2.94. The lowest BCUT2D eigenvalue weighted by Gasteiger charge is -2.42. The number of rotatable bonds is 3. The van der Waals surface area contributed by atoms with Crippen LogP contribution in [0.5, 0.6) is 5.75 Å². The molecule has 100 valence electrons. The maximum absolute atomic E-state index is 6.03. The van der Waals surface area contributed by atoms with E-state index in [1.54, 1.807) is 6.20 Å². The third-order valence-electron chi connectivity index (χ3n) is 3.33. The Morgan fingerprint density at radius 3 is 2.95 bits per heavy atom. The van der Waals surface area contributed by atoms with Crippen LogP contribution >= 0.6 is 11.6 Å². The lowest BCUT2D eigenvalue weighted by Crippen LogP contribution is -2.48. The van der Waals surface area contributed by atoms with Gasteiger partial charge >= 0.3 is 0 Å². The predicted octanol–water partition coefficient (Wildman–Crippen LogP) is 3.83. The monoisotopic (exact) mass is 277 g/mol. The SMILES string of the molecule is CC1(C)CC(COc2ccc3c(Cl)nccc3c2)O1. The van der Waals surface area contributed by atoms with Crippen LogP contribution in [-0.2, 0) is 4.74 Å². The molecule has 1 aromatic heterocycles. The van der Waals surface area contributed by atoms with Crippen molar-refractivity contribution >= 4 is 22.4 Å². The highest BCUT2D eigenvalue weighted by Crippen LogP contribution is 2.32. The Kier molecular flexibility index (Phi) is 3.11. The standard InChI is InChI=1S/C15H16ClNO2/c1-15(2)8-12(19-15)9-18-11-3-4-13-10(7-11)5-6-17-14(13)16/h3-7,12H,8-9H2,1-2H3. The van der Waals surface area contributed by atoms with Crippen LogP contribution in [0.2, 0.25) is 5.15 Å². The van der Waals surface area contributed by atoms with Crippen molar-refractivity contribution in [1.29, 1.82) is 0 Å². The van der Waals surface area contributed by atoms with Gasteiger partial charge in [-0.3, -0.25) is 0 Å². The second-order valence-corrected chi connectivity index (χ2v) is 5.86. The Labute approximate surface area is 117 Å². The van der Waals surface area contributed by atoms with Crippen molar-refractivity contribution in [3.8, 4) is 5.75 Å². The van der Waals surface area contributed by atoms with Crippen LogP contribution in [0.15, 0.2) is 30.5 Å². The van der Waals surface area contributed by atoms with Crippen molar-refractivity contribution in [2.75, 3.05) is 6.61 Å². The van der Waals surface area contributed by atoms with Crippen LogP contribution in [0.1, 0.15) is 20.3 Å². The molecule has 1 unspecified atom stereocenters. The quantitative estimate of drug-likeness (QED) is 0.799. The molecule has 2 heterocycles. The molecule has 1 saturated heterocycles. The van der Waals surface area contributed by atoms with Crippen molar-refractivity contribution in [3.63, 3.8) is 0 Å². The molecular weight excluding hydrogens is 262 g/mol. The summed E-state index contributed by atoms with van der Waals surface area (Å²) in [4.78, 5) is 4.05. The van der Waals surface area contributed by atoms with E-state index in [1.807, 2.05) is 24.3 Å². The average Bonchev–Trinajstić information content (AvgIpc) is 2.34. The number of aromatic nitrogens is 1. The smallest absolute Gasteiger partial charge is 0.136 e. The van der Waals surface area contributed by atoms with Gasteiger partial charge in [-0.15, -0.1) is 0 Å². The van der Waals surface area contributed by atoms with E-state index in [0.717, 1.165) is 22.9 Å². The van der Waals surface area contributed by atoms with Crippen molar-refractivity contribution in [1.82, 2.24) is 4.98 Å². The predicted molar refractivity (Wildman–Crippen MR) is 75.8 cm³/mol. The number of benzene rings is 1. The van der Waals surface area contributed by atoms with Crippen LogP contribution in [0.3, 0.4) is 0 Å². The molecule has 0 radical (unpaired) electrons. The van der Waals surface area contributed by atoms with E-state index < -0.39 is 0 Å². The van der Waals surface area contributed by atoms with E-state index >= 15 is 0 Å². The van der Waals surface area contributed by atoms with Gasteiger partial charge in [0.15, 0.2) is 0 Å². The third kappa shape index (κ3) is 2.67. The molecule has 1 aromatic carbocycles. The molecule has 3 nitrogen and oxygen atoms in total. The average molecular weight is 278 g/mol. The fourth-order valence-electron chi connectivity index (χ4n) is 2.48. The minimum Gasteiger partial charge on any atom is -0.491 e. The topological polar surface area (TPSA) is 31.4 Å². The Morgan fingerprint density at radius 2 is 2.21 bits per heavy atom. The van der Waals surface area contributed by atoms with E-state index in [-0.39, 0.29) is 11.7 Å². The first-order valence-corrected chi connectivity index (χ1v) is 6.76. The summed E-state index contributed by atoms with van der Waals surface area (Å²) < 4.78 is 11.5. The zero-order valence-electron chi connectivity index (χ0n) is 11.0. The molecule has 1 aliphatic rings. The molecule has 2 aromatic rings. The second kappa shape index (κ2) is 4.66. The van der Waals surface area contributed by atoms with Crippen LogP contribution in [-0.4, -0.2) is 23.3 Å². The molecular formula is C15H16ClNO2. The molecule has 0 spiro atoms. The van der Waals surface area contributed by atoms with E-state index in [1.165, 1.54) is 0 Å². The molecule has 0 bridgehead atoms. The molecule has 0 aliphatic carbocycles. The number of hydrogen-bond acceptors (Lipinski definition) is 3. The molecule has 1 aliphatic heterocycles. The van der Waals surface area contributed by atoms with E-state index in [2.05, 4.69) is 18.8 Å². The van der Waals surface area contributed by atoms with Gasteiger partial charge in [0, 0.05) is 18.0 Å². The minimum absolute atomic E-state index is 0.0105. The van der Waals surface area contributed by atoms with E-state index in [4.69, 9.17) is 21.1 Å². The first kappa shape index (κ1) is 12.7. The van der Waals surface area contributed by atoms with Crippen molar-refractivity contribution < 1.29 is 9.47 Å². The van der Waals surface area contributed by atoms with Gasteiger partial charge in [-0.2, -0.15) is 0 Å². The third-order valence-corrected chi connectivity index (χ3v) is 3.63. The van der Waals surface area contributed by atoms with Crippen molar-refractivity contribution in [3.05, 3.63) is 35.6 Å². The fraction of sp³-hybridized carbons (Fsp3) is 0.400. The largest absolute Gasteiger partial charge is 0.491 e. The summed E-state index contributed by atoms with van der Waals surface area (Å²) in [5, 5.41) is 2.50. The van der Waals surface area contributed by atoms with Gasteiger partial charge in [0.2, 0.25) is 0 Å². The molecule has 0 saturated carbocycles. The molecule has 4 heteroatoms. The highest BCUT2D eigenvalue weighted by atomic mass is 35.5. The highest BCUT2D eigenvalue weighted by molar-refractivity contribution is 6.34. The Balaban J connectivity index is 1.69. The summed E-state index contributed by atoms with van der Waals surface area (Å²) in [5.74, 6) is 0.836. The summed E-state index contributed by atoms with van der Waals surface area (Å²) in [6, 6.07) is 7.76.